The Morgan fingerprint density at radius 2 is 2.24 bits per heavy atom. The molecule has 3 rings (SSSR count). The van der Waals surface area contributed by atoms with Gasteiger partial charge in [0.25, 0.3) is 0 Å². The van der Waals surface area contributed by atoms with Gasteiger partial charge in [-0.05, 0) is 32.9 Å². The number of aromatic nitrogens is 2. The Labute approximate surface area is 147 Å². The van der Waals surface area contributed by atoms with Gasteiger partial charge in [0.15, 0.2) is 0 Å². The first-order valence-electron chi connectivity index (χ1n) is 8.23. The largest absolute Gasteiger partial charge is 0.497 e. The van der Waals surface area contributed by atoms with Crippen molar-refractivity contribution in [3.05, 3.63) is 35.5 Å². The van der Waals surface area contributed by atoms with Gasteiger partial charge in [-0.2, -0.15) is 5.10 Å². The minimum atomic E-state index is -0.390. The smallest absolute Gasteiger partial charge is 0.242 e. The molecular formula is C18H24N4O3. The van der Waals surface area contributed by atoms with Crippen molar-refractivity contribution < 1.29 is 14.3 Å². The van der Waals surface area contributed by atoms with Crippen molar-refractivity contribution in [2.75, 3.05) is 12.8 Å². The number of fused-ring (bicyclic) bond motifs is 1. The first kappa shape index (κ1) is 17.1. The number of methoxy groups -OCH3 is 1. The van der Waals surface area contributed by atoms with E-state index in [1.54, 1.807) is 13.2 Å². The second-order valence-corrected chi connectivity index (χ2v) is 6.96. The Hall–Kier alpha value is -2.70. The molecule has 1 aliphatic rings. The van der Waals surface area contributed by atoms with Crippen LogP contribution in [0.2, 0.25) is 0 Å². The predicted molar refractivity (Wildman–Crippen MR) is 94.6 cm³/mol. The number of nitrogens with zero attached hydrogens (tertiary/aromatic N) is 2. The number of amides is 1. The maximum Gasteiger partial charge on any atom is 0.242 e. The topological polar surface area (TPSA) is 91.4 Å². The van der Waals surface area contributed by atoms with Gasteiger partial charge in [-0.3, -0.25) is 4.79 Å². The van der Waals surface area contributed by atoms with Crippen LogP contribution in [0.3, 0.4) is 0 Å². The number of hydrogen-bond acceptors (Lipinski definition) is 5. The molecule has 0 saturated heterocycles. The van der Waals surface area contributed by atoms with E-state index in [9.17, 15) is 4.79 Å². The number of nitrogen functional groups attached to an aromatic ring is 1. The van der Waals surface area contributed by atoms with Gasteiger partial charge in [-0.15, -0.1) is 0 Å². The van der Waals surface area contributed by atoms with Crippen LogP contribution in [0.15, 0.2) is 24.3 Å². The first-order chi connectivity index (χ1) is 11.8. The maximum atomic E-state index is 12.5. The summed E-state index contributed by atoms with van der Waals surface area (Å²) < 4.78 is 12.8. The van der Waals surface area contributed by atoms with Crippen molar-refractivity contribution in [1.82, 2.24) is 15.1 Å². The molecule has 0 aliphatic carbocycles. The summed E-state index contributed by atoms with van der Waals surface area (Å²) >= 11 is 0. The van der Waals surface area contributed by atoms with E-state index in [0.717, 1.165) is 22.8 Å². The number of nitrogens with one attached hydrogen (secondary N) is 1. The van der Waals surface area contributed by atoms with Crippen LogP contribution < -0.4 is 20.5 Å². The van der Waals surface area contributed by atoms with Crippen LogP contribution in [0.25, 0.3) is 0 Å². The standard InChI is InChI=1S/C18H24N4O3/c1-11-7-16(19)22(21-11)10-17(23)20-14-9-18(2,3)25-15-8-12(24-4)5-6-13(14)15/h5-8,14H,9-10,19H2,1-4H3,(H,20,23)/t14-/m0/s1. The van der Waals surface area contributed by atoms with Gasteiger partial charge < -0.3 is 20.5 Å². The van der Waals surface area contributed by atoms with Crippen molar-refractivity contribution in [2.45, 2.75) is 45.4 Å². The van der Waals surface area contributed by atoms with Gasteiger partial charge in [-0.1, -0.05) is 0 Å². The number of anilines is 1. The summed E-state index contributed by atoms with van der Waals surface area (Å²) in [5.41, 5.74) is 7.20. The van der Waals surface area contributed by atoms with Crippen LogP contribution in [-0.2, 0) is 11.3 Å². The second kappa shape index (κ2) is 6.31. The third-order valence-electron chi connectivity index (χ3n) is 4.24. The molecule has 0 spiro atoms. The SMILES string of the molecule is COc1ccc2c(c1)OC(C)(C)C[C@@H]2NC(=O)Cn1nc(C)cc1N. The molecule has 7 heteroatoms. The number of aryl methyl sites for hydroxylation is 1. The van der Waals surface area contributed by atoms with Gasteiger partial charge in [0, 0.05) is 24.1 Å². The molecule has 134 valence electrons. The zero-order valence-electron chi connectivity index (χ0n) is 15.0. The number of hydrogen-bond donors (Lipinski definition) is 2. The highest BCUT2D eigenvalue weighted by atomic mass is 16.5. The van der Waals surface area contributed by atoms with E-state index >= 15 is 0 Å². The Bertz CT molecular complexity index is 798. The third kappa shape index (κ3) is 3.70. The highest BCUT2D eigenvalue weighted by Crippen LogP contribution is 2.41. The van der Waals surface area contributed by atoms with Crippen molar-refractivity contribution >= 4 is 11.7 Å². The highest BCUT2D eigenvalue weighted by Gasteiger charge is 2.34. The number of benzene rings is 1. The van der Waals surface area contributed by atoms with Gasteiger partial charge >= 0.3 is 0 Å². The average Bonchev–Trinajstić information content (AvgIpc) is 2.82. The van der Waals surface area contributed by atoms with E-state index in [0.29, 0.717) is 12.2 Å². The molecule has 7 nitrogen and oxygen atoms in total. The Balaban J connectivity index is 1.80. The molecule has 25 heavy (non-hydrogen) atoms. The zero-order chi connectivity index (χ0) is 18.2. The van der Waals surface area contributed by atoms with Crippen molar-refractivity contribution in [3.63, 3.8) is 0 Å². The number of carbonyl (C=O) groups excluding carboxylic acids is 1. The average molecular weight is 344 g/mol. The summed E-state index contributed by atoms with van der Waals surface area (Å²) in [5, 5.41) is 7.31. The van der Waals surface area contributed by atoms with E-state index < -0.39 is 5.60 Å². The minimum Gasteiger partial charge on any atom is -0.497 e. The van der Waals surface area contributed by atoms with E-state index in [4.69, 9.17) is 15.2 Å². The van der Waals surface area contributed by atoms with Crippen LogP contribution >= 0.6 is 0 Å². The fraction of sp³-hybridized carbons (Fsp3) is 0.444. The van der Waals surface area contributed by atoms with E-state index in [1.807, 2.05) is 39.0 Å². The van der Waals surface area contributed by atoms with Gasteiger partial charge in [0.05, 0.1) is 18.8 Å². The minimum absolute atomic E-state index is 0.0863. The molecule has 2 heterocycles. The summed E-state index contributed by atoms with van der Waals surface area (Å²) in [4.78, 5) is 12.5. The van der Waals surface area contributed by atoms with Crippen molar-refractivity contribution in [2.24, 2.45) is 0 Å². The van der Waals surface area contributed by atoms with Gasteiger partial charge in [0.1, 0.15) is 29.5 Å². The fourth-order valence-electron chi connectivity index (χ4n) is 3.16. The second-order valence-electron chi connectivity index (χ2n) is 6.96. The van der Waals surface area contributed by atoms with Gasteiger partial charge in [-0.25, -0.2) is 4.68 Å². The molecule has 0 unspecified atom stereocenters. The van der Waals surface area contributed by atoms with Crippen LogP contribution in [0.1, 0.15) is 37.6 Å². The molecule has 0 saturated carbocycles. The summed E-state index contributed by atoms with van der Waals surface area (Å²) in [7, 11) is 1.62. The van der Waals surface area contributed by atoms with Crippen LogP contribution in [0.5, 0.6) is 11.5 Å². The van der Waals surface area contributed by atoms with Crippen LogP contribution in [0.4, 0.5) is 5.82 Å². The highest BCUT2D eigenvalue weighted by molar-refractivity contribution is 5.77. The lowest BCUT2D eigenvalue weighted by molar-refractivity contribution is -0.123. The summed E-state index contributed by atoms with van der Waals surface area (Å²) in [6, 6.07) is 7.25. The maximum absolute atomic E-state index is 12.5. The molecule has 2 aromatic rings. The van der Waals surface area contributed by atoms with E-state index in [2.05, 4.69) is 10.4 Å². The molecule has 1 aliphatic heterocycles. The number of rotatable bonds is 4. The van der Waals surface area contributed by atoms with Crippen molar-refractivity contribution in [1.29, 1.82) is 0 Å². The quantitative estimate of drug-likeness (QED) is 0.887. The molecular weight excluding hydrogens is 320 g/mol. The predicted octanol–water partition coefficient (Wildman–Crippen LogP) is 2.20. The lowest BCUT2D eigenvalue weighted by atomic mass is 9.89. The van der Waals surface area contributed by atoms with Crippen LogP contribution in [-0.4, -0.2) is 28.4 Å². The number of ether oxygens (including phenoxy) is 2. The first-order valence-corrected chi connectivity index (χ1v) is 8.23. The molecule has 1 atom stereocenters. The molecule has 1 amide bonds. The Morgan fingerprint density at radius 1 is 1.48 bits per heavy atom. The molecule has 3 N–H and O–H groups in total. The Morgan fingerprint density at radius 3 is 2.88 bits per heavy atom. The number of nitrogens with two attached hydrogens (primary N) is 1. The molecule has 1 aromatic heterocycles. The Kier molecular flexibility index (Phi) is 4.32. The summed E-state index contributed by atoms with van der Waals surface area (Å²) in [6.07, 6.45) is 0.672. The molecule has 0 fully saturated rings. The van der Waals surface area contributed by atoms with Gasteiger partial charge in [0.2, 0.25) is 5.91 Å². The summed E-state index contributed by atoms with van der Waals surface area (Å²) in [5.74, 6) is 1.79. The van der Waals surface area contributed by atoms with Crippen molar-refractivity contribution in [3.8, 4) is 11.5 Å². The van der Waals surface area contributed by atoms with Crippen LogP contribution in [0, 0.1) is 6.92 Å². The normalized spacial score (nSPS) is 18.2. The van der Waals surface area contributed by atoms with E-state index in [1.165, 1.54) is 4.68 Å². The fourth-order valence-corrected chi connectivity index (χ4v) is 3.16. The van der Waals surface area contributed by atoms with E-state index in [-0.39, 0.29) is 18.5 Å². The number of carbonyl (C=O) groups is 1. The third-order valence-corrected chi connectivity index (χ3v) is 4.24. The summed E-state index contributed by atoms with van der Waals surface area (Å²) in [6.45, 7) is 5.94. The lowest BCUT2D eigenvalue weighted by Crippen LogP contribution is -2.42. The molecule has 0 radical (unpaired) electrons. The monoisotopic (exact) mass is 344 g/mol. The lowest BCUT2D eigenvalue weighted by Gasteiger charge is -2.38. The molecule has 1 aromatic carbocycles. The molecule has 0 bridgehead atoms. The zero-order valence-corrected chi connectivity index (χ0v) is 15.0.